The van der Waals surface area contributed by atoms with E-state index in [4.69, 9.17) is 9.26 Å². The van der Waals surface area contributed by atoms with Crippen LogP contribution in [-0.4, -0.2) is 53.0 Å². The minimum absolute atomic E-state index is 0. The third kappa shape index (κ3) is 4.89. The zero-order valence-corrected chi connectivity index (χ0v) is 19.8. The Labute approximate surface area is 198 Å². The highest BCUT2D eigenvalue weighted by Crippen LogP contribution is 2.42. The van der Waals surface area contributed by atoms with Gasteiger partial charge in [-0.2, -0.15) is 0 Å². The van der Waals surface area contributed by atoms with E-state index in [1.54, 1.807) is 18.2 Å². The quantitative estimate of drug-likeness (QED) is 0.397. The van der Waals surface area contributed by atoms with Gasteiger partial charge in [-0.1, -0.05) is 48.3 Å². The van der Waals surface area contributed by atoms with Crippen LogP contribution in [0.4, 0.5) is 5.82 Å². The molecule has 2 aromatic rings. The lowest BCUT2D eigenvalue weighted by atomic mass is 9.80. The predicted octanol–water partition coefficient (Wildman–Crippen LogP) is -0.195. The van der Waals surface area contributed by atoms with Crippen molar-refractivity contribution in [2.75, 3.05) is 25.5 Å². The Hall–Kier alpha value is -2.23. The van der Waals surface area contributed by atoms with E-state index in [1.165, 1.54) is 6.26 Å². The van der Waals surface area contributed by atoms with E-state index in [-0.39, 0.29) is 39.8 Å². The number of esters is 1. The first-order valence-corrected chi connectivity index (χ1v) is 11.0. The van der Waals surface area contributed by atoms with E-state index in [0.29, 0.717) is 24.3 Å². The van der Waals surface area contributed by atoms with Gasteiger partial charge in [0.25, 0.3) is 5.91 Å². The number of hydrogen-bond donors (Lipinski definition) is 2. The van der Waals surface area contributed by atoms with Gasteiger partial charge >= 0.3 is 5.97 Å². The van der Waals surface area contributed by atoms with Gasteiger partial charge < -0.3 is 36.7 Å². The molecule has 1 saturated carbocycles. The molecule has 2 heterocycles. The fourth-order valence-electron chi connectivity index (χ4n) is 5.01. The first-order chi connectivity index (χ1) is 14.9. The fourth-order valence-corrected chi connectivity index (χ4v) is 5.01. The summed E-state index contributed by atoms with van der Waals surface area (Å²) in [5, 5.41) is 18.1. The number of quaternary nitrogens is 1. The normalized spacial score (nSPS) is 25.0. The van der Waals surface area contributed by atoms with E-state index in [0.717, 1.165) is 32.1 Å². The second-order valence-electron chi connectivity index (χ2n) is 8.91. The molecule has 0 spiro atoms. The van der Waals surface area contributed by atoms with Gasteiger partial charge in [0.05, 0.1) is 13.6 Å². The molecule has 174 valence electrons. The molecule has 1 aliphatic heterocycles. The van der Waals surface area contributed by atoms with Crippen LogP contribution < -0.4 is 22.3 Å². The van der Waals surface area contributed by atoms with Gasteiger partial charge in [0.1, 0.15) is 6.26 Å². The summed E-state index contributed by atoms with van der Waals surface area (Å²) in [5.41, 5.74) is -1.10. The molecule has 0 radical (unpaired) electrons. The Morgan fingerprint density at radius 1 is 1.19 bits per heavy atom. The number of nitrogens with one attached hydrogen (secondary N) is 1. The highest BCUT2D eigenvalue weighted by molar-refractivity contribution is 5.90. The molecule has 2 N–H and O–H groups in total. The van der Waals surface area contributed by atoms with Crippen molar-refractivity contribution < 1.29 is 45.4 Å². The van der Waals surface area contributed by atoms with Gasteiger partial charge in [-0.05, 0) is 18.4 Å². The Kier molecular flexibility index (Phi) is 7.74. The van der Waals surface area contributed by atoms with E-state index in [9.17, 15) is 14.7 Å². The number of ether oxygens (including phenoxy) is 1. The molecule has 2 fully saturated rings. The third-order valence-corrected chi connectivity index (χ3v) is 6.74. The zero-order valence-electron chi connectivity index (χ0n) is 18.2. The Balaban J connectivity index is 0.00000289. The van der Waals surface area contributed by atoms with Crippen molar-refractivity contribution >= 4 is 17.7 Å². The van der Waals surface area contributed by atoms with Crippen LogP contribution in [0, 0.1) is 5.92 Å². The molecule has 9 heteroatoms. The highest BCUT2D eigenvalue weighted by Gasteiger charge is 2.51. The number of likely N-dealkylation sites (N-methyl/N-ethyl adjacent to an activating group) is 1. The molecule has 1 aliphatic carbocycles. The molecule has 32 heavy (non-hydrogen) atoms. The number of hydrogen-bond acceptors (Lipinski definition) is 6. The van der Waals surface area contributed by atoms with Crippen molar-refractivity contribution in [3.8, 4) is 0 Å². The number of amides is 1. The summed E-state index contributed by atoms with van der Waals surface area (Å²) in [7, 11) is 1.91. The predicted molar refractivity (Wildman–Crippen MR) is 112 cm³/mol. The van der Waals surface area contributed by atoms with Gasteiger partial charge in [-0.3, -0.25) is 9.28 Å². The summed E-state index contributed by atoms with van der Waals surface area (Å²) in [5.74, 6) is -0.658. The molecule has 0 bridgehead atoms. The van der Waals surface area contributed by atoms with Gasteiger partial charge in [-0.15, -0.1) is 0 Å². The standard InChI is InChI=1S/C23H29N3O5.BrH/c1-26(16-20(27)24-19-13-15-30-25-19)14-7-12-21(26)31-22(28)23(29,18-10-5-6-11-18)17-8-3-2-4-9-17;/h2-4,8-9,13,15,18,21,29H,5-7,10-12,14,16H2,1H3;1H. The number of aromatic nitrogens is 1. The lowest BCUT2D eigenvalue weighted by molar-refractivity contribution is -0.932. The first kappa shape index (κ1) is 24.4. The van der Waals surface area contributed by atoms with E-state index in [2.05, 4.69) is 10.5 Å². The maximum Gasteiger partial charge on any atom is 0.347 e. The number of carbonyl (C=O) groups excluding carboxylic acids is 2. The number of likely N-dealkylation sites (tertiary alicyclic amines) is 1. The van der Waals surface area contributed by atoms with Crippen molar-refractivity contribution in [3.05, 3.63) is 48.2 Å². The van der Waals surface area contributed by atoms with Crippen LogP contribution in [0.2, 0.25) is 0 Å². The lowest BCUT2D eigenvalue weighted by Gasteiger charge is -2.38. The van der Waals surface area contributed by atoms with Gasteiger partial charge in [0, 0.05) is 24.8 Å². The van der Waals surface area contributed by atoms with Gasteiger partial charge in [0.2, 0.25) is 6.23 Å². The smallest absolute Gasteiger partial charge is 0.347 e. The summed E-state index contributed by atoms with van der Waals surface area (Å²) in [6.07, 6.45) is 5.94. The molecule has 1 amide bonds. The Morgan fingerprint density at radius 3 is 2.56 bits per heavy atom. The topological polar surface area (TPSA) is 102 Å². The molecule has 1 saturated heterocycles. The summed E-state index contributed by atoms with van der Waals surface area (Å²) < 4.78 is 11.0. The lowest BCUT2D eigenvalue weighted by Crippen LogP contribution is -3.00. The van der Waals surface area contributed by atoms with Crippen LogP contribution in [0.3, 0.4) is 0 Å². The third-order valence-electron chi connectivity index (χ3n) is 6.74. The monoisotopic (exact) mass is 507 g/mol. The van der Waals surface area contributed by atoms with E-state index >= 15 is 0 Å². The molecule has 4 rings (SSSR count). The second kappa shape index (κ2) is 10.1. The molecule has 3 unspecified atom stereocenters. The number of benzene rings is 1. The molecular weight excluding hydrogens is 478 g/mol. The second-order valence-corrected chi connectivity index (χ2v) is 8.91. The van der Waals surface area contributed by atoms with E-state index in [1.807, 2.05) is 25.2 Å². The summed E-state index contributed by atoms with van der Waals surface area (Å²) in [6, 6.07) is 10.7. The number of rotatable bonds is 7. The summed E-state index contributed by atoms with van der Waals surface area (Å²) >= 11 is 0. The van der Waals surface area contributed by atoms with Crippen LogP contribution in [0.15, 0.2) is 47.2 Å². The summed E-state index contributed by atoms with van der Waals surface area (Å²) in [6.45, 7) is 0.843. The molecule has 8 nitrogen and oxygen atoms in total. The summed E-state index contributed by atoms with van der Waals surface area (Å²) in [4.78, 5) is 26.0. The largest absolute Gasteiger partial charge is 1.00 e. The van der Waals surface area contributed by atoms with Crippen molar-refractivity contribution in [2.24, 2.45) is 5.92 Å². The van der Waals surface area contributed by atoms with Crippen molar-refractivity contribution in [3.63, 3.8) is 0 Å². The van der Waals surface area contributed by atoms with Crippen molar-refractivity contribution in [1.29, 1.82) is 0 Å². The Morgan fingerprint density at radius 2 is 1.91 bits per heavy atom. The minimum atomic E-state index is -1.67. The van der Waals surface area contributed by atoms with Crippen molar-refractivity contribution in [2.45, 2.75) is 50.4 Å². The van der Waals surface area contributed by atoms with Gasteiger partial charge in [-0.25, -0.2) is 4.79 Å². The highest BCUT2D eigenvalue weighted by atomic mass is 79.9. The minimum Gasteiger partial charge on any atom is -1.00 e. The average molecular weight is 508 g/mol. The first-order valence-electron chi connectivity index (χ1n) is 11.0. The van der Waals surface area contributed by atoms with Crippen LogP contribution in [-0.2, 0) is 19.9 Å². The molecule has 2 aliphatic rings. The van der Waals surface area contributed by atoms with Gasteiger partial charge in [0.15, 0.2) is 18.0 Å². The van der Waals surface area contributed by atoms with Crippen LogP contribution >= 0.6 is 0 Å². The van der Waals surface area contributed by atoms with Crippen LogP contribution in [0.25, 0.3) is 0 Å². The van der Waals surface area contributed by atoms with E-state index < -0.39 is 17.8 Å². The fraction of sp³-hybridized carbons (Fsp3) is 0.522. The number of halogens is 1. The maximum atomic E-state index is 13.4. The number of nitrogens with zero attached hydrogens (tertiary/aromatic N) is 2. The molecular formula is C23H30BrN3O5. The average Bonchev–Trinajstić information content (AvgIpc) is 3.52. The Bertz CT molecular complexity index is 904. The number of aliphatic hydroxyl groups is 1. The van der Waals surface area contributed by atoms with Crippen molar-refractivity contribution in [1.82, 2.24) is 5.16 Å². The SMILES string of the molecule is C[N+]1(CC(=O)Nc2ccon2)CCCC1OC(=O)C(O)(c1ccccc1)C1CCCC1.[Br-]. The van der Waals surface area contributed by atoms with Crippen LogP contribution in [0.5, 0.6) is 0 Å². The zero-order chi connectivity index (χ0) is 21.9. The number of anilines is 1. The number of carbonyl (C=O) groups is 2. The molecule has 1 aromatic carbocycles. The van der Waals surface area contributed by atoms with Crippen LogP contribution in [0.1, 0.15) is 44.1 Å². The molecule has 1 aromatic heterocycles. The maximum absolute atomic E-state index is 13.4. The molecule has 3 atom stereocenters.